The first-order chi connectivity index (χ1) is 15.0. The summed E-state index contributed by atoms with van der Waals surface area (Å²) in [7, 11) is 0. The molecule has 3 rings (SSSR count). The van der Waals surface area contributed by atoms with E-state index in [1.54, 1.807) is 12.1 Å². The van der Waals surface area contributed by atoms with Gasteiger partial charge in [-0.1, -0.05) is 12.1 Å². The van der Waals surface area contributed by atoms with Crippen molar-refractivity contribution >= 4 is 11.8 Å². The molecule has 0 atom stereocenters. The number of nitrogens with one attached hydrogen (secondary N) is 1. The minimum atomic E-state index is -4.36. The highest BCUT2D eigenvalue weighted by atomic mass is 19.4. The van der Waals surface area contributed by atoms with Gasteiger partial charge in [0.1, 0.15) is 11.4 Å². The molecule has 0 spiro atoms. The zero-order valence-corrected chi connectivity index (χ0v) is 19.1. The highest BCUT2D eigenvalue weighted by Gasteiger charge is 2.31. The third-order valence-electron chi connectivity index (χ3n) is 5.85. The van der Waals surface area contributed by atoms with E-state index in [0.717, 1.165) is 51.9 Å². The highest BCUT2D eigenvalue weighted by Crippen LogP contribution is 2.31. The van der Waals surface area contributed by atoms with E-state index < -0.39 is 18.4 Å². The van der Waals surface area contributed by atoms with Gasteiger partial charge in [0.25, 0.3) is 0 Å². The van der Waals surface area contributed by atoms with Crippen LogP contribution in [0.3, 0.4) is 0 Å². The molecule has 1 heterocycles. The molecule has 1 aromatic carbocycles. The molecule has 6 nitrogen and oxygen atoms in total. The average Bonchev–Trinajstić information content (AvgIpc) is 2.71. The molecular formula is C23H34F3N3O3. The van der Waals surface area contributed by atoms with Gasteiger partial charge in [0.15, 0.2) is 6.61 Å². The van der Waals surface area contributed by atoms with Gasteiger partial charge in [-0.2, -0.15) is 13.2 Å². The minimum Gasteiger partial charge on any atom is -0.482 e. The largest absolute Gasteiger partial charge is 0.482 e. The topological polar surface area (TPSA) is 54.0 Å². The Balaban J connectivity index is 1.46. The molecule has 0 radical (unpaired) electrons. The van der Waals surface area contributed by atoms with Crippen LogP contribution in [0.2, 0.25) is 0 Å². The maximum atomic E-state index is 12.6. The first kappa shape index (κ1) is 24.5. The van der Waals surface area contributed by atoms with Crippen LogP contribution in [0, 0.1) is 0 Å². The number of carbonyl (C=O) groups excluding carboxylic acids is 1. The smallest absolute Gasteiger partial charge is 0.422 e. The standard InChI is InChI=1S/C23H34F3N3O3/c1-22(2,3)32-21(30)27-17-8-10-18(11-9-17)28-12-14-29(15-13-28)19-6-4-5-7-20(19)31-16-23(24,25)26/h4-7,17-18H,8-16H2,1-3H3,(H,27,30). The van der Waals surface area contributed by atoms with Crippen LogP contribution >= 0.6 is 0 Å². The summed E-state index contributed by atoms with van der Waals surface area (Å²) in [4.78, 5) is 16.5. The number of anilines is 1. The molecule has 1 aliphatic heterocycles. The number of amides is 1. The maximum absolute atomic E-state index is 12.6. The van der Waals surface area contributed by atoms with E-state index >= 15 is 0 Å². The minimum absolute atomic E-state index is 0.139. The lowest BCUT2D eigenvalue weighted by Gasteiger charge is -2.43. The zero-order chi connectivity index (χ0) is 23.4. The van der Waals surface area contributed by atoms with Crippen molar-refractivity contribution in [3.63, 3.8) is 0 Å². The number of ether oxygens (including phenoxy) is 2. The van der Waals surface area contributed by atoms with E-state index in [-0.39, 0.29) is 17.9 Å². The van der Waals surface area contributed by atoms with Gasteiger partial charge >= 0.3 is 12.3 Å². The van der Waals surface area contributed by atoms with Gasteiger partial charge < -0.3 is 19.7 Å². The third-order valence-corrected chi connectivity index (χ3v) is 5.85. The average molecular weight is 458 g/mol. The lowest BCUT2D eigenvalue weighted by atomic mass is 9.90. The molecule has 1 saturated carbocycles. The van der Waals surface area contributed by atoms with Crippen LogP contribution in [0.5, 0.6) is 5.75 Å². The molecule has 9 heteroatoms. The summed E-state index contributed by atoms with van der Waals surface area (Å²) < 4.78 is 48.1. The fraction of sp³-hybridized carbons (Fsp3) is 0.696. The number of rotatable bonds is 5. The molecule has 1 amide bonds. The molecule has 32 heavy (non-hydrogen) atoms. The number of piperazine rings is 1. The molecule has 0 unspecified atom stereocenters. The number of carbonyl (C=O) groups is 1. The Morgan fingerprint density at radius 1 is 1.03 bits per heavy atom. The number of benzene rings is 1. The van der Waals surface area contributed by atoms with Crippen LogP contribution in [-0.2, 0) is 4.74 Å². The Labute approximate surface area is 188 Å². The van der Waals surface area contributed by atoms with E-state index in [0.29, 0.717) is 11.7 Å². The van der Waals surface area contributed by atoms with Crippen molar-refractivity contribution < 1.29 is 27.4 Å². The Morgan fingerprint density at radius 3 is 2.25 bits per heavy atom. The summed E-state index contributed by atoms with van der Waals surface area (Å²) in [6.07, 6.45) is -0.877. The molecule has 0 aromatic heterocycles. The van der Waals surface area contributed by atoms with E-state index in [1.807, 2.05) is 32.9 Å². The number of para-hydroxylation sites is 2. The van der Waals surface area contributed by atoms with Gasteiger partial charge in [0, 0.05) is 38.3 Å². The van der Waals surface area contributed by atoms with Crippen molar-refractivity contribution in [2.45, 2.75) is 70.3 Å². The van der Waals surface area contributed by atoms with Crippen LogP contribution < -0.4 is 15.0 Å². The van der Waals surface area contributed by atoms with Gasteiger partial charge in [-0.3, -0.25) is 4.90 Å². The van der Waals surface area contributed by atoms with Gasteiger partial charge in [-0.15, -0.1) is 0 Å². The lowest BCUT2D eigenvalue weighted by Crippen LogP contribution is -2.52. The number of nitrogens with zero attached hydrogens (tertiary/aromatic N) is 2. The number of hydrogen-bond acceptors (Lipinski definition) is 5. The van der Waals surface area contributed by atoms with Crippen molar-refractivity contribution in [2.24, 2.45) is 0 Å². The summed E-state index contributed by atoms with van der Waals surface area (Å²) in [5, 5.41) is 2.97. The molecule has 0 bridgehead atoms. The molecule has 1 aromatic rings. The molecule has 1 saturated heterocycles. The Morgan fingerprint density at radius 2 is 1.66 bits per heavy atom. The SMILES string of the molecule is CC(C)(C)OC(=O)NC1CCC(N2CCN(c3ccccc3OCC(F)(F)F)CC2)CC1. The molecule has 2 aliphatic rings. The van der Waals surface area contributed by atoms with Crippen LogP contribution in [0.25, 0.3) is 0 Å². The van der Waals surface area contributed by atoms with Gasteiger partial charge in [0.2, 0.25) is 0 Å². The van der Waals surface area contributed by atoms with Crippen molar-refractivity contribution in [1.29, 1.82) is 0 Å². The van der Waals surface area contributed by atoms with Crippen molar-refractivity contribution in [3.8, 4) is 5.75 Å². The van der Waals surface area contributed by atoms with Gasteiger partial charge in [-0.05, 0) is 58.6 Å². The fourth-order valence-corrected chi connectivity index (χ4v) is 4.39. The summed E-state index contributed by atoms with van der Waals surface area (Å²) in [5.74, 6) is 0.270. The predicted molar refractivity (Wildman–Crippen MR) is 117 cm³/mol. The quantitative estimate of drug-likeness (QED) is 0.701. The number of alkyl carbamates (subject to hydrolysis) is 1. The Bertz CT molecular complexity index is 751. The Kier molecular flexibility index (Phi) is 7.79. The van der Waals surface area contributed by atoms with Gasteiger partial charge in [-0.25, -0.2) is 4.79 Å². The molecule has 2 fully saturated rings. The third kappa shape index (κ3) is 7.46. The van der Waals surface area contributed by atoms with E-state index in [4.69, 9.17) is 9.47 Å². The predicted octanol–water partition coefficient (Wildman–Crippen LogP) is 4.59. The van der Waals surface area contributed by atoms with Crippen molar-refractivity contribution in [1.82, 2.24) is 10.2 Å². The van der Waals surface area contributed by atoms with Crippen LogP contribution in [0.4, 0.5) is 23.7 Å². The van der Waals surface area contributed by atoms with E-state index in [2.05, 4.69) is 15.1 Å². The zero-order valence-electron chi connectivity index (χ0n) is 19.1. The first-order valence-electron chi connectivity index (χ1n) is 11.3. The van der Waals surface area contributed by atoms with E-state index in [9.17, 15) is 18.0 Å². The van der Waals surface area contributed by atoms with Crippen LogP contribution in [0.15, 0.2) is 24.3 Å². The second-order valence-corrected chi connectivity index (χ2v) is 9.55. The Hall–Kier alpha value is -2.16. The second-order valence-electron chi connectivity index (χ2n) is 9.55. The lowest BCUT2D eigenvalue weighted by molar-refractivity contribution is -0.153. The molecule has 180 valence electrons. The second kappa shape index (κ2) is 10.2. The molecule has 1 aliphatic carbocycles. The molecule has 1 N–H and O–H groups in total. The first-order valence-corrected chi connectivity index (χ1v) is 11.3. The summed E-state index contributed by atoms with van der Waals surface area (Å²) in [5.41, 5.74) is 0.207. The summed E-state index contributed by atoms with van der Waals surface area (Å²) >= 11 is 0. The summed E-state index contributed by atoms with van der Waals surface area (Å²) in [6, 6.07) is 7.52. The van der Waals surface area contributed by atoms with E-state index in [1.165, 1.54) is 0 Å². The number of halogens is 3. The monoisotopic (exact) mass is 457 g/mol. The highest BCUT2D eigenvalue weighted by molar-refractivity contribution is 5.68. The maximum Gasteiger partial charge on any atom is 0.422 e. The number of hydrogen-bond donors (Lipinski definition) is 1. The van der Waals surface area contributed by atoms with Crippen molar-refractivity contribution in [3.05, 3.63) is 24.3 Å². The molecular weight excluding hydrogens is 423 g/mol. The normalized spacial score (nSPS) is 23.0. The van der Waals surface area contributed by atoms with Crippen molar-refractivity contribution in [2.75, 3.05) is 37.7 Å². The summed E-state index contributed by atoms with van der Waals surface area (Å²) in [6.45, 7) is 7.44. The number of alkyl halides is 3. The van der Waals surface area contributed by atoms with Crippen LogP contribution in [-0.4, -0.2) is 67.6 Å². The van der Waals surface area contributed by atoms with Crippen LogP contribution in [0.1, 0.15) is 46.5 Å². The van der Waals surface area contributed by atoms with Gasteiger partial charge in [0.05, 0.1) is 5.69 Å². The fourth-order valence-electron chi connectivity index (χ4n) is 4.39.